The first-order valence-electron chi connectivity index (χ1n) is 16.4. The van der Waals surface area contributed by atoms with Crippen molar-refractivity contribution >= 4 is 33.6 Å². The van der Waals surface area contributed by atoms with Crippen LogP contribution in [0.2, 0.25) is 0 Å². The summed E-state index contributed by atoms with van der Waals surface area (Å²) < 4.78 is 32.5. The van der Waals surface area contributed by atoms with E-state index < -0.39 is 67.4 Å². The van der Waals surface area contributed by atoms with E-state index in [2.05, 4.69) is 24.8 Å². The SMILES string of the molecule is C=CCCC(C)C[C@@H](CC)[C@H](CC(=O)OC(C)(C)C)C(=O)N1C[C@H](O)C[C@H]1C(=O)C[C@]1(C(=O)NS(=O)(=O)C2(C)CC2)C[C@H]1C=C. The number of hydrogen-bond donors (Lipinski definition) is 2. The van der Waals surface area contributed by atoms with Crippen LogP contribution in [0.3, 0.4) is 0 Å². The lowest BCUT2D eigenvalue weighted by Gasteiger charge is -2.33. The summed E-state index contributed by atoms with van der Waals surface area (Å²) in [4.78, 5) is 56.0. The van der Waals surface area contributed by atoms with Crippen molar-refractivity contribution in [1.29, 1.82) is 0 Å². The zero-order valence-electron chi connectivity index (χ0n) is 28.0. The molecule has 2 saturated carbocycles. The number of ketones is 1. The molecule has 2 amide bonds. The van der Waals surface area contributed by atoms with E-state index >= 15 is 0 Å². The van der Waals surface area contributed by atoms with Gasteiger partial charge in [0.15, 0.2) is 5.78 Å². The number of β-amino-alcohol motifs (C(OH)–C–C–N with tert-alkyl or cyclic N) is 1. The highest BCUT2D eigenvalue weighted by Gasteiger charge is 2.62. The van der Waals surface area contributed by atoms with Gasteiger partial charge in [0.1, 0.15) is 5.60 Å². The lowest BCUT2D eigenvalue weighted by atomic mass is 9.79. The Balaban J connectivity index is 1.85. The molecule has 11 heteroatoms. The molecule has 0 aromatic carbocycles. The molecule has 2 aliphatic carbocycles. The molecule has 3 rings (SSSR count). The fraction of sp³-hybridized carbons (Fsp3) is 0.765. The van der Waals surface area contributed by atoms with Crippen LogP contribution in [0.5, 0.6) is 0 Å². The Bertz CT molecular complexity index is 1270. The van der Waals surface area contributed by atoms with E-state index in [0.717, 1.165) is 12.8 Å². The van der Waals surface area contributed by atoms with Gasteiger partial charge in [0.05, 0.1) is 34.6 Å². The summed E-state index contributed by atoms with van der Waals surface area (Å²) in [6, 6.07) is -1.00. The Morgan fingerprint density at radius 1 is 1.18 bits per heavy atom. The van der Waals surface area contributed by atoms with E-state index in [1.54, 1.807) is 33.8 Å². The minimum atomic E-state index is -3.91. The average Bonchev–Trinajstić information content (AvgIpc) is 3.83. The van der Waals surface area contributed by atoms with E-state index in [4.69, 9.17) is 4.74 Å². The summed E-state index contributed by atoms with van der Waals surface area (Å²) in [5.74, 6) is -3.10. The molecule has 1 unspecified atom stereocenters. The maximum absolute atomic E-state index is 14.3. The van der Waals surface area contributed by atoms with E-state index in [-0.39, 0.29) is 50.0 Å². The van der Waals surface area contributed by atoms with E-state index in [1.165, 1.54) is 4.90 Å². The van der Waals surface area contributed by atoms with Gasteiger partial charge in [0, 0.05) is 19.4 Å². The maximum Gasteiger partial charge on any atom is 0.307 e. The minimum absolute atomic E-state index is 0.00306. The van der Waals surface area contributed by atoms with Crippen LogP contribution in [0.15, 0.2) is 25.3 Å². The number of allylic oxidation sites excluding steroid dienone is 2. The number of esters is 1. The molecule has 0 aromatic rings. The Kier molecular flexibility index (Phi) is 11.6. The number of aliphatic hydroxyl groups is 1. The van der Waals surface area contributed by atoms with Crippen LogP contribution in [0.4, 0.5) is 0 Å². The lowest BCUT2D eigenvalue weighted by Crippen LogP contribution is -2.48. The standard InChI is InChI=1S/C34H54N2O8S/c1-9-12-13-22(4)16-23(10-2)26(18-29(39)44-32(5,6)7)30(40)36-21-25(37)17-27(36)28(38)20-34(19-24(34)11-3)31(41)35-45(42,43)33(8)14-15-33/h9,11,22-27,37H,1,3,10,12-21H2,2,4-8H3,(H,35,41)/t22?,23-,24-,25-,26+,27+,34-/m1/s1. The van der Waals surface area contributed by atoms with Gasteiger partial charge in [0.2, 0.25) is 21.8 Å². The monoisotopic (exact) mass is 650 g/mol. The molecule has 0 aromatic heterocycles. The van der Waals surface area contributed by atoms with Gasteiger partial charge in [-0.15, -0.1) is 13.2 Å². The van der Waals surface area contributed by atoms with Crippen molar-refractivity contribution in [3.8, 4) is 0 Å². The normalized spacial score (nSPS) is 27.5. The molecule has 45 heavy (non-hydrogen) atoms. The van der Waals surface area contributed by atoms with Crippen molar-refractivity contribution in [2.45, 2.75) is 128 Å². The van der Waals surface area contributed by atoms with Gasteiger partial charge < -0.3 is 14.7 Å². The molecule has 0 spiro atoms. The van der Waals surface area contributed by atoms with Gasteiger partial charge in [-0.25, -0.2) is 8.42 Å². The fourth-order valence-corrected chi connectivity index (χ4v) is 7.99. The number of carbonyl (C=O) groups excluding carboxylic acids is 4. The van der Waals surface area contributed by atoms with Crippen LogP contribution < -0.4 is 4.72 Å². The van der Waals surface area contributed by atoms with Crippen LogP contribution in [-0.2, 0) is 33.9 Å². The van der Waals surface area contributed by atoms with Gasteiger partial charge in [-0.05, 0) is 84.0 Å². The molecule has 1 heterocycles. The van der Waals surface area contributed by atoms with Gasteiger partial charge in [-0.1, -0.05) is 32.4 Å². The molecule has 3 fully saturated rings. The first-order valence-corrected chi connectivity index (χ1v) is 17.8. The molecule has 254 valence electrons. The largest absolute Gasteiger partial charge is 0.460 e. The highest BCUT2D eigenvalue weighted by atomic mass is 32.2. The van der Waals surface area contributed by atoms with E-state index in [9.17, 15) is 32.7 Å². The van der Waals surface area contributed by atoms with Crippen LogP contribution in [0.1, 0.15) is 106 Å². The van der Waals surface area contributed by atoms with Gasteiger partial charge >= 0.3 is 5.97 Å². The first-order chi connectivity index (χ1) is 20.8. The third kappa shape index (κ3) is 8.84. The number of sulfonamides is 1. The van der Waals surface area contributed by atoms with Gasteiger partial charge in [-0.3, -0.25) is 23.9 Å². The molecule has 3 aliphatic rings. The number of rotatable bonds is 17. The predicted molar refractivity (Wildman–Crippen MR) is 172 cm³/mol. The zero-order chi connectivity index (χ0) is 34.0. The van der Waals surface area contributed by atoms with Crippen molar-refractivity contribution in [2.24, 2.45) is 29.1 Å². The maximum atomic E-state index is 14.3. The van der Waals surface area contributed by atoms with Crippen molar-refractivity contribution in [3.05, 3.63) is 25.3 Å². The van der Waals surface area contributed by atoms with Gasteiger partial charge in [0.25, 0.3) is 0 Å². The van der Waals surface area contributed by atoms with E-state index in [1.807, 2.05) is 13.0 Å². The second kappa shape index (κ2) is 14.1. The molecule has 2 N–H and O–H groups in total. The van der Waals surface area contributed by atoms with Gasteiger partial charge in [-0.2, -0.15) is 0 Å². The van der Waals surface area contributed by atoms with Crippen molar-refractivity contribution in [1.82, 2.24) is 9.62 Å². The second-order valence-electron chi connectivity index (χ2n) is 14.9. The third-order valence-corrected chi connectivity index (χ3v) is 12.1. The number of nitrogens with one attached hydrogen (secondary N) is 1. The predicted octanol–water partition coefficient (Wildman–Crippen LogP) is 4.46. The molecule has 0 radical (unpaired) electrons. The summed E-state index contributed by atoms with van der Waals surface area (Å²) in [6.45, 7) is 18.4. The molecule has 10 nitrogen and oxygen atoms in total. The molecule has 7 atom stereocenters. The van der Waals surface area contributed by atoms with Crippen LogP contribution in [0.25, 0.3) is 0 Å². The third-order valence-electron chi connectivity index (χ3n) is 9.91. The second-order valence-corrected chi connectivity index (χ2v) is 17.1. The Morgan fingerprint density at radius 3 is 2.33 bits per heavy atom. The molecular weight excluding hydrogens is 596 g/mol. The summed E-state index contributed by atoms with van der Waals surface area (Å²) in [5.41, 5.74) is -2.01. The number of likely N-dealkylation sites (tertiary alicyclic amines) is 1. The quantitative estimate of drug-likeness (QED) is 0.173. The van der Waals surface area contributed by atoms with E-state index in [0.29, 0.717) is 25.7 Å². The van der Waals surface area contributed by atoms with Crippen LogP contribution in [0, 0.1) is 29.1 Å². The number of aliphatic hydroxyl groups excluding tert-OH is 1. The summed E-state index contributed by atoms with van der Waals surface area (Å²) in [7, 11) is -3.91. The first kappa shape index (κ1) is 36.9. The van der Waals surface area contributed by atoms with Crippen molar-refractivity contribution in [2.75, 3.05) is 6.54 Å². The Hall–Kier alpha value is -2.53. The number of hydrogen-bond acceptors (Lipinski definition) is 8. The minimum Gasteiger partial charge on any atom is -0.460 e. The van der Waals surface area contributed by atoms with Crippen molar-refractivity contribution < 1.29 is 37.4 Å². The number of nitrogens with zero attached hydrogens (tertiary/aromatic N) is 1. The van der Waals surface area contributed by atoms with Crippen LogP contribution in [-0.4, -0.2) is 71.0 Å². The molecule has 0 bridgehead atoms. The average molecular weight is 651 g/mol. The highest BCUT2D eigenvalue weighted by molar-refractivity contribution is 7.91. The summed E-state index contributed by atoms with van der Waals surface area (Å²) in [6.07, 6.45) is 6.25. The van der Waals surface area contributed by atoms with Crippen LogP contribution >= 0.6 is 0 Å². The highest BCUT2D eigenvalue weighted by Crippen LogP contribution is 2.57. The molecule has 1 aliphatic heterocycles. The topological polar surface area (TPSA) is 147 Å². The lowest BCUT2D eigenvalue weighted by molar-refractivity contribution is -0.160. The number of carbonyl (C=O) groups is 4. The number of amides is 2. The number of ether oxygens (including phenoxy) is 1. The molecule has 1 saturated heterocycles. The Labute approximate surface area is 269 Å². The zero-order valence-corrected chi connectivity index (χ0v) is 28.8. The smallest absolute Gasteiger partial charge is 0.307 e. The Morgan fingerprint density at radius 2 is 1.82 bits per heavy atom. The number of Topliss-reactive ketones (excluding diaryl/α,β-unsaturated/α-hetero) is 1. The summed E-state index contributed by atoms with van der Waals surface area (Å²) >= 11 is 0. The molecular formula is C34H54N2O8S. The summed E-state index contributed by atoms with van der Waals surface area (Å²) in [5, 5.41) is 10.7. The fourth-order valence-electron chi connectivity index (χ4n) is 6.65. The van der Waals surface area contributed by atoms with Crippen molar-refractivity contribution in [3.63, 3.8) is 0 Å².